The van der Waals surface area contributed by atoms with Gasteiger partial charge in [-0.15, -0.1) is 0 Å². The standard InChI is InChI=1S/C14H15NO2S/c1-10-2-3-13(12(8-10)14(16)17)15-6-4-11-5-7-18-9-11/h2-3,5,7-9,15H,4,6H2,1H3,(H,16,17). The molecule has 1 aromatic carbocycles. The fourth-order valence-corrected chi connectivity index (χ4v) is 2.47. The van der Waals surface area contributed by atoms with Gasteiger partial charge in [-0.3, -0.25) is 0 Å². The molecule has 0 amide bonds. The van der Waals surface area contributed by atoms with Gasteiger partial charge in [0.15, 0.2) is 0 Å². The summed E-state index contributed by atoms with van der Waals surface area (Å²) in [6.07, 6.45) is 0.899. The third kappa shape index (κ3) is 3.11. The van der Waals surface area contributed by atoms with Gasteiger partial charge in [0.1, 0.15) is 0 Å². The highest BCUT2D eigenvalue weighted by atomic mass is 32.1. The molecule has 0 atom stereocenters. The van der Waals surface area contributed by atoms with Gasteiger partial charge in [-0.05, 0) is 47.9 Å². The number of hydrogen-bond acceptors (Lipinski definition) is 3. The van der Waals surface area contributed by atoms with Crippen LogP contribution in [0.3, 0.4) is 0 Å². The van der Waals surface area contributed by atoms with E-state index in [1.807, 2.05) is 24.4 Å². The number of rotatable bonds is 5. The fourth-order valence-electron chi connectivity index (χ4n) is 1.77. The third-order valence-corrected chi connectivity index (χ3v) is 3.45. The molecular formula is C14H15NO2S. The van der Waals surface area contributed by atoms with E-state index in [0.29, 0.717) is 11.3 Å². The van der Waals surface area contributed by atoms with E-state index in [9.17, 15) is 4.79 Å². The zero-order chi connectivity index (χ0) is 13.0. The van der Waals surface area contributed by atoms with Crippen LogP contribution >= 0.6 is 11.3 Å². The fraction of sp³-hybridized carbons (Fsp3) is 0.214. The number of nitrogens with one attached hydrogen (secondary N) is 1. The molecule has 0 unspecified atom stereocenters. The lowest BCUT2D eigenvalue weighted by Gasteiger charge is -2.09. The minimum atomic E-state index is -0.892. The first-order valence-corrected chi connectivity index (χ1v) is 6.70. The van der Waals surface area contributed by atoms with Crippen molar-refractivity contribution in [1.82, 2.24) is 0 Å². The van der Waals surface area contributed by atoms with Crippen molar-refractivity contribution in [2.45, 2.75) is 13.3 Å². The minimum absolute atomic E-state index is 0.334. The molecule has 0 radical (unpaired) electrons. The number of anilines is 1. The Labute approximate surface area is 110 Å². The van der Waals surface area contributed by atoms with Crippen molar-refractivity contribution in [2.24, 2.45) is 0 Å². The molecule has 1 aromatic heterocycles. The van der Waals surface area contributed by atoms with E-state index < -0.39 is 5.97 Å². The third-order valence-electron chi connectivity index (χ3n) is 2.71. The Morgan fingerprint density at radius 3 is 2.89 bits per heavy atom. The molecule has 0 aliphatic carbocycles. The van der Waals surface area contributed by atoms with E-state index in [4.69, 9.17) is 5.11 Å². The van der Waals surface area contributed by atoms with Crippen molar-refractivity contribution in [2.75, 3.05) is 11.9 Å². The Morgan fingerprint density at radius 2 is 2.22 bits per heavy atom. The summed E-state index contributed by atoms with van der Waals surface area (Å²) < 4.78 is 0. The molecule has 0 fully saturated rings. The van der Waals surface area contributed by atoms with Gasteiger partial charge in [0.2, 0.25) is 0 Å². The van der Waals surface area contributed by atoms with Gasteiger partial charge in [0.05, 0.1) is 5.56 Å². The van der Waals surface area contributed by atoms with E-state index in [1.165, 1.54) is 5.56 Å². The van der Waals surface area contributed by atoms with E-state index in [1.54, 1.807) is 17.4 Å². The van der Waals surface area contributed by atoms with Crippen molar-refractivity contribution in [3.63, 3.8) is 0 Å². The number of thiophene rings is 1. The van der Waals surface area contributed by atoms with E-state index in [0.717, 1.165) is 18.5 Å². The highest BCUT2D eigenvalue weighted by Crippen LogP contribution is 2.17. The lowest BCUT2D eigenvalue weighted by molar-refractivity contribution is 0.0698. The first kappa shape index (κ1) is 12.6. The van der Waals surface area contributed by atoms with Crippen LogP contribution in [0, 0.1) is 6.92 Å². The molecule has 18 heavy (non-hydrogen) atoms. The average molecular weight is 261 g/mol. The van der Waals surface area contributed by atoms with Gasteiger partial charge in [-0.2, -0.15) is 11.3 Å². The van der Waals surface area contributed by atoms with Crippen molar-refractivity contribution in [3.05, 3.63) is 51.7 Å². The number of aryl methyl sites for hydroxylation is 1. The van der Waals surface area contributed by atoms with Crippen LogP contribution in [-0.4, -0.2) is 17.6 Å². The largest absolute Gasteiger partial charge is 0.478 e. The van der Waals surface area contributed by atoms with Gasteiger partial charge in [-0.1, -0.05) is 11.6 Å². The lowest BCUT2D eigenvalue weighted by Crippen LogP contribution is -2.09. The summed E-state index contributed by atoms with van der Waals surface area (Å²) >= 11 is 1.67. The summed E-state index contributed by atoms with van der Waals surface area (Å²) in [6, 6.07) is 7.51. The predicted octanol–water partition coefficient (Wildman–Crippen LogP) is 3.41. The van der Waals surface area contributed by atoms with E-state index >= 15 is 0 Å². The maximum Gasteiger partial charge on any atom is 0.337 e. The topological polar surface area (TPSA) is 49.3 Å². The Kier molecular flexibility index (Phi) is 3.99. The van der Waals surface area contributed by atoms with Crippen LogP contribution in [0.4, 0.5) is 5.69 Å². The summed E-state index contributed by atoms with van der Waals surface area (Å²) in [5, 5.41) is 16.5. The first-order valence-electron chi connectivity index (χ1n) is 5.75. The molecule has 94 valence electrons. The summed E-state index contributed by atoms with van der Waals surface area (Å²) in [7, 11) is 0. The van der Waals surface area contributed by atoms with Gasteiger partial charge in [-0.25, -0.2) is 4.79 Å². The second kappa shape index (κ2) is 5.69. The molecule has 3 nitrogen and oxygen atoms in total. The number of carboxylic acids is 1. The Balaban J connectivity index is 2.02. The van der Waals surface area contributed by atoms with Crippen LogP contribution < -0.4 is 5.32 Å². The average Bonchev–Trinajstić information content (AvgIpc) is 2.84. The number of benzene rings is 1. The van der Waals surface area contributed by atoms with Gasteiger partial charge in [0.25, 0.3) is 0 Å². The zero-order valence-electron chi connectivity index (χ0n) is 10.1. The highest BCUT2D eigenvalue weighted by Gasteiger charge is 2.09. The maximum atomic E-state index is 11.1. The Hall–Kier alpha value is -1.81. The summed E-state index contributed by atoms with van der Waals surface area (Å²) in [5.41, 5.74) is 3.25. The lowest BCUT2D eigenvalue weighted by atomic mass is 10.1. The molecule has 0 bridgehead atoms. The molecule has 2 N–H and O–H groups in total. The molecule has 0 saturated heterocycles. The van der Waals surface area contributed by atoms with Crippen molar-refractivity contribution < 1.29 is 9.90 Å². The van der Waals surface area contributed by atoms with Crippen molar-refractivity contribution >= 4 is 23.0 Å². The molecule has 0 spiro atoms. The van der Waals surface area contributed by atoms with Gasteiger partial charge >= 0.3 is 5.97 Å². The molecule has 0 aliphatic heterocycles. The summed E-state index contributed by atoms with van der Waals surface area (Å²) in [5.74, 6) is -0.892. The van der Waals surface area contributed by atoms with Crippen LogP contribution in [0.15, 0.2) is 35.0 Å². The van der Waals surface area contributed by atoms with E-state index in [-0.39, 0.29) is 0 Å². The van der Waals surface area contributed by atoms with Crippen LogP contribution in [0.25, 0.3) is 0 Å². The SMILES string of the molecule is Cc1ccc(NCCc2ccsc2)c(C(=O)O)c1. The zero-order valence-corrected chi connectivity index (χ0v) is 11.0. The summed E-state index contributed by atoms with van der Waals surface area (Å²) in [6.45, 7) is 2.63. The summed E-state index contributed by atoms with van der Waals surface area (Å²) in [4.78, 5) is 11.1. The highest BCUT2D eigenvalue weighted by molar-refractivity contribution is 7.07. The van der Waals surface area contributed by atoms with Crippen LogP contribution in [0.5, 0.6) is 0 Å². The molecule has 2 rings (SSSR count). The second-order valence-electron chi connectivity index (χ2n) is 4.16. The van der Waals surface area contributed by atoms with Crippen molar-refractivity contribution in [1.29, 1.82) is 0 Å². The number of carboxylic acid groups (broad SMARTS) is 1. The van der Waals surface area contributed by atoms with Crippen LogP contribution in [-0.2, 0) is 6.42 Å². The quantitative estimate of drug-likeness (QED) is 0.867. The molecule has 2 aromatic rings. The Bertz CT molecular complexity index is 535. The van der Waals surface area contributed by atoms with Crippen LogP contribution in [0.2, 0.25) is 0 Å². The molecule has 0 saturated carbocycles. The van der Waals surface area contributed by atoms with Crippen LogP contribution in [0.1, 0.15) is 21.5 Å². The maximum absolute atomic E-state index is 11.1. The Morgan fingerprint density at radius 1 is 1.39 bits per heavy atom. The molecule has 4 heteroatoms. The van der Waals surface area contributed by atoms with Crippen molar-refractivity contribution in [3.8, 4) is 0 Å². The minimum Gasteiger partial charge on any atom is -0.478 e. The molecular weight excluding hydrogens is 246 g/mol. The molecule has 0 aliphatic rings. The normalized spacial score (nSPS) is 10.3. The second-order valence-corrected chi connectivity index (χ2v) is 4.94. The predicted molar refractivity (Wildman–Crippen MR) is 74.7 cm³/mol. The smallest absolute Gasteiger partial charge is 0.337 e. The number of aromatic carboxylic acids is 1. The first-order chi connectivity index (χ1) is 8.66. The molecule has 1 heterocycles. The van der Waals surface area contributed by atoms with E-state index in [2.05, 4.69) is 16.8 Å². The monoisotopic (exact) mass is 261 g/mol. The van der Waals surface area contributed by atoms with Gasteiger partial charge < -0.3 is 10.4 Å². The van der Waals surface area contributed by atoms with Gasteiger partial charge in [0, 0.05) is 12.2 Å². The number of hydrogen-bond donors (Lipinski definition) is 2. The number of carbonyl (C=O) groups is 1.